The Balaban J connectivity index is 0.00000110. The number of hydrogen-bond donors (Lipinski definition) is 2. The van der Waals surface area contributed by atoms with Gasteiger partial charge in [0.2, 0.25) is 5.91 Å². The Morgan fingerprint density at radius 1 is 1.19 bits per heavy atom. The molecule has 0 aromatic rings. The van der Waals surface area contributed by atoms with Crippen LogP contribution in [0.5, 0.6) is 0 Å². The first-order valence-electron chi connectivity index (χ1n) is 7.93. The Hall–Kier alpha value is -0.0300. The molecule has 1 atom stereocenters. The van der Waals surface area contributed by atoms with Gasteiger partial charge in [0.25, 0.3) is 0 Å². The van der Waals surface area contributed by atoms with Gasteiger partial charge in [0, 0.05) is 31.7 Å². The Morgan fingerprint density at radius 2 is 1.86 bits per heavy atom. The predicted molar refractivity (Wildman–Crippen MR) is 90.5 cm³/mol. The molecular weight excluding hydrogens is 309 g/mol. The summed E-state index contributed by atoms with van der Waals surface area (Å²) in [5.74, 6) is 0.268. The molecule has 1 saturated carbocycles. The van der Waals surface area contributed by atoms with Crippen LogP contribution in [-0.4, -0.2) is 49.1 Å². The number of nitrogens with one attached hydrogen (secondary N) is 2. The molecule has 0 aromatic carbocycles. The van der Waals surface area contributed by atoms with Crippen LogP contribution in [0.1, 0.15) is 45.4 Å². The van der Waals surface area contributed by atoms with E-state index in [4.69, 9.17) is 0 Å². The third-order valence-electron chi connectivity index (χ3n) is 5.07. The van der Waals surface area contributed by atoms with Gasteiger partial charge in [-0.2, -0.15) is 0 Å². The van der Waals surface area contributed by atoms with Crippen LogP contribution in [0.15, 0.2) is 0 Å². The first kappa shape index (κ1) is 19.0. The molecule has 6 heteroatoms. The standard InChI is InChI=1S/C15H27N3O.2ClH/c1-15(7-2-8-16-11-15)14(19)17-12-5-9-18(10-6-12)13-3-4-13;;/h12-13,16H,2-11H2,1H3,(H,17,19);2*1H. The average Bonchev–Trinajstić information content (AvgIpc) is 3.25. The Kier molecular flexibility index (Phi) is 7.25. The van der Waals surface area contributed by atoms with E-state index in [1.54, 1.807) is 0 Å². The molecule has 0 radical (unpaired) electrons. The van der Waals surface area contributed by atoms with Crippen molar-refractivity contribution in [2.24, 2.45) is 5.41 Å². The second-order valence-corrected chi connectivity index (χ2v) is 6.86. The molecule has 0 spiro atoms. The van der Waals surface area contributed by atoms with Gasteiger partial charge in [-0.05, 0) is 52.0 Å². The van der Waals surface area contributed by atoms with Gasteiger partial charge in [-0.15, -0.1) is 24.8 Å². The molecule has 124 valence electrons. The lowest BCUT2D eigenvalue weighted by molar-refractivity contribution is -0.132. The van der Waals surface area contributed by atoms with Crippen molar-refractivity contribution in [3.8, 4) is 0 Å². The number of carbonyl (C=O) groups excluding carboxylic acids is 1. The van der Waals surface area contributed by atoms with Crippen LogP contribution in [0.4, 0.5) is 0 Å². The highest BCUT2D eigenvalue weighted by molar-refractivity contribution is 5.85. The molecule has 2 saturated heterocycles. The third kappa shape index (κ3) is 4.72. The molecule has 1 unspecified atom stereocenters. The van der Waals surface area contributed by atoms with Crippen LogP contribution >= 0.6 is 24.8 Å². The summed E-state index contributed by atoms with van der Waals surface area (Å²) in [7, 11) is 0. The molecule has 0 bridgehead atoms. The summed E-state index contributed by atoms with van der Waals surface area (Å²) < 4.78 is 0. The van der Waals surface area contributed by atoms with E-state index in [0.29, 0.717) is 6.04 Å². The Bertz CT molecular complexity index is 336. The third-order valence-corrected chi connectivity index (χ3v) is 5.07. The largest absolute Gasteiger partial charge is 0.353 e. The Morgan fingerprint density at radius 3 is 2.38 bits per heavy atom. The van der Waals surface area contributed by atoms with E-state index in [9.17, 15) is 4.79 Å². The first-order valence-corrected chi connectivity index (χ1v) is 7.93. The number of nitrogens with zero attached hydrogens (tertiary/aromatic N) is 1. The number of amides is 1. The molecule has 1 aliphatic carbocycles. The van der Waals surface area contributed by atoms with Gasteiger partial charge in [0.05, 0.1) is 5.41 Å². The van der Waals surface area contributed by atoms with Crippen molar-refractivity contribution in [1.82, 2.24) is 15.5 Å². The zero-order chi connectivity index (χ0) is 13.3. The fraction of sp³-hybridized carbons (Fsp3) is 0.933. The minimum Gasteiger partial charge on any atom is -0.353 e. The lowest BCUT2D eigenvalue weighted by Gasteiger charge is -2.37. The molecule has 3 fully saturated rings. The highest BCUT2D eigenvalue weighted by Crippen LogP contribution is 2.30. The van der Waals surface area contributed by atoms with Crippen LogP contribution < -0.4 is 10.6 Å². The van der Waals surface area contributed by atoms with Crippen LogP contribution in [0, 0.1) is 5.41 Å². The molecule has 3 rings (SSSR count). The molecule has 2 heterocycles. The molecule has 21 heavy (non-hydrogen) atoms. The molecule has 0 aromatic heterocycles. The van der Waals surface area contributed by atoms with Crippen molar-refractivity contribution in [3.05, 3.63) is 0 Å². The van der Waals surface area contributed by atoms with Gasteiger partial charge >= 0.3 is 0 Å². The summed E-state index contributed by atoms with van der Waals surface area (Å²) in [6.07, 6.45) is 7.18. The van der Waals surface area contributed by atoms with E-state index in [1.807, 2.05) is 0 Å². The SMILES string of the molecule is CC1(C(=O)NC2CCN(C3CC3)CC2)CCCNC1.Cl.Cl. The number of rotatable bonds is 3. The number of carbonyl (C=O) groups is 1. The highest BCUT2D eigenvalue weighted by atomic mass is 35.5. The number of halogens is 2. The molecule has 2 N–H and O–H groups in total. The maximum Gasteiger partial charge on any atom is 0.227 e. The summed E-state index contributed by atoms with van der Waals surface area (Å²) in [6.45, 7) is 6.34. The van der Waals surface area contributed by atoms with E-state index in [0.717, 1.165) is 44.8 Å². The average molecular weight is 338 g/mol. The summed E-state index contributed by atoms with van der Waals surface area (Å²) >= 11 is 0. The molecule has 1 amide bonds. The monoisotopic (exact) mass is 337 g/mol. The predicted octanol–water partition coefficient (Wildman–Crippen LogP) is 1.96. The van der Waals surface area contributed by atoms with Crippen molar-refractivity contribution in [1.29, 1.82) is 0 Å². The summed E-state index contributed by atoms with van der Waals surface area (Å²) in [5, 5.41) is 6.66. The van der Waals surface area contributed by atoms with E-state index in [2.05, 4.69) is 22.5 Å². The maximum atomic E-state index is 12.5. The minimum atomic E-state index is -0.189. The lowest BCUT2D eigenvalue weighted by atomic mass is 9.81. The van der Waals surface area contributed by atoms with E-state index < -0.39 is 0 Å². The van der Waals surface area contributed by atoms with Crippen LogP contribution in [-0.2, 0) is 4.79 Å². The smallest absolute Gasteiger partial charge is 0.227 e. The molecule has 3 aliphatic rings. The van der Waals surface area contributed by atoms with Crippen LogP contribution in [0.25, 0.3) is 0 Å². The van der Waals surface area contributed by atoms with Gasteiger partial charge in [-0.1, -0.05) is 0 Å². The zero-order valence-corrected chi connectivity index (χ0v) is 14.5. The van der Waals surface area contributed by atoms with Crippen molar-refractivity contribution in [3.63, 3.8) is 0 Å². The van der Waals surface area contributed by atoms with Gasteiger partial charge in [-0.25, -0.2) is 0 Å². The second kappa shape index (κ2) is 8.00. The molecular formula is C15H29Cl2N3O. The maximum absolute atomic E-state index is 12.5. The van der Waals surface area contributed by atoms with Gasteiger partial charge in [-0.3, -0.25) is 4.79 Å². The van der Waals surface area contributed by atoms with Crippen LogP contribution in [0.2, 0.25) is 0 Å². The first-order chi connectivity index (χ1) is 9.17. The second-order valence-electron chi connectivity index (χ2n) is 6.86. The van der Waals surface area contributed by atoms with Crippen molar-refractivity contribution in [2.45, 2.75) is 57.5 Å². The van der Waals surface area contributed by atoms with E-state index >= 15 is 0 Å². The topological polar surface area (TPSA) is 44.4 Å². The van der Waals surface area contributed by atoms with E-state index in [1.165, 1.54) is 25.9 Å². The van der Waals surface area contributed by atoms with Gasteiger partial charge < -0.3 is 15.5 Å². The minimum absolute atomic E-state index is 0. The zero-order valence-electron chi connectivity index (χ0n) is 12.9. The normalized spacial score (nSPS) is 30.9. The number of piperidine rings is 2. The van der Waals surface area contributed by atoms with Crippen molar-refractivity contribution < 1.29 is 4.79 Å². The van der Waals surface area contributed by atoms with Crippen LogP contribution in [0.3, 0.4) is 0 Å². The van der Waals surface area contributed by atoms with E-state index in [-0.39, 0.29) is 36.1 Å². The summed E-state index contributed by atoms with van der Waals surface area (Å²) in [6, 6.07) is 1.28. The lowest BCUT2D eigenvalue weighted by Crippen LogP contribution is -2.53. The molecule has 2 aliphatic heterocycles. The van der Waals surface area contributed by atoms with Gasteiger partial charge in [0.1, 0.15) is 0 Å². The van der Waals surface area contributed by atoms with Gasteiger partial charge in [0.15, 0.2) is 0 Å². The quantitative estimate of drug-likeness (QED) is 0.827. The summed E-state index contributed by atoms with van der Waals surface area (Å²) in [4.78, 5) is 15.1. The fourth-order valence-electron chi connectivity index (χ4n) is 3.46. The Labute approximate surface area is 140 Å². The van der Waals surface area contributed by atoms with Crippen molar-refractivity contribution >= 4 is 30.7 Å². The molecule has 4 nitrogen and oxygen atoms in total. The fourth-order valence-corrected chi connectivity index (χ4v) is 3.46. The van der Waals surface area contributed by atoms with Crippen molar-refractivity contribution in [2.75, 3.05) is 26.2 Å². The number of hydrogen-bond acceptors (Lipinski definition) is 3. The highest BCUT2D eigenvalue weighted by Gasteiger charge is 2.37. The summed E-state index contributed by atoms with van der Waals surface area (Å²) in [5.41, 5.74) is -0.189. The number of likely N-dealkylation sites (tertiary alicyclic amines) is 1.